The molecule has 7 nitrogen and oxygen atoms in total. The van der Waals surface area contributed by atoms with E-state index in [4.69, 9.17) is 4.52 Å². The summed E-state index contributed by atoms with van der Waals surface area (Å²) in [7, 11) is 0. The number of hydrogen-bond donors (Lipinski definition) is 1. The quantitative estimate of drug-likeness (QED) is 0.856. The maximum absolute atomic E-state index is 12.6. The largest absolute Gasteiger partial charge is 0.431 e. The SMILES string of the molecule is CCCc1nc(CN(CC)C(=O)c2ccc(C(F)(F)F)[nH]c2=O)no1. The van der Waals surface area contributed by atoms with E-state index in [0.717, 1.165) is 12.5 Å². The van der Waals surface area contributed by atoms with Crippen molar-refractivity contribution in [2.24, 2.45) is 0 Å². The number of rotatable bonds is 6. The zero-order valence-electron chi connectivity index (χ0n) is 13.7. The number of aromatic amines is 1. The monoisotopic (exact) mass is 358 g/mol. The van der Waals surface area contributed by atoms with Crippen LogP contribution < -0.4 is 5.56 Å². The van der Waals surface area contributed by atoms with E-state index in [9.17, 15) is 22.8 Å². The summed E-state index contributed by atoms with van der Waals surface area (Å²) >= 11 is 0. The van der Waals surface area contributed by atoms with Gasteiger partial charge >= 0.3 is 6.18 Å². The van der Waals surface area contributed by atoms with E-state index < -0.39 is 23.3 Å². The van der Waals surface area contributed by atoms with E-state index in [2.05, 4.69) is 10.1 Å². The number of carbonyl (C=O) groups is 1. The summed E-state index contributed by atoms with van der Waals surface area (Å²) in [6.45, 7) is 3.83. The molecule has 0 bridgehead atoms. The number of H-pyrrole nitrogens is 1. The van der Waals surface area contributed by atoms with Crippen LogP contribution in [0.2, 0.25) is 0 Å². The molecule has 0 spiro atoms. The molecule has 0 aliphatic heterocycles. The third kappa shape index (κ3) is 4.46. The second kappa shape index (κ2) is 7.49. The Morgan fingerprint density at radius 2 is 2.04 bits per heavy atom. The summed E-state index contributed by atoms with van der Waals surface area (Å²) in [6, 6.07) is 1.53. The molecular weight excluding hydrogens is 341 g/mol. The van der Waals surface area contributed by atoms with Gasteiger partial charge in [-0.1, -0.05) is 12.1 Å². The fourth-order valence-electron chi connectivity index (χ4n) is 2.15. The van der Waals surface area contributed by atoms with Crippen molar-refractivity contribution >= 4 is 5.91 Å². The second-order valence-corrected chi connectivity index (χ2v) is 5.29. The van der Waals surface area contributed by atoms with Gasteiger partial charge in [-0.2, -0.15) is 18.2 Å². The topological polar surface area (TPSA) is 92.1 Å². The predicted octanol–water partition coefficient (Wildman–Crippen LogP) is 2.39. The number of carbonyl (C=O) groups excluding carboxylic acids is 1. The minimum absolute atomic E-state index is 0.0109. The minimum Gasteiger partial charge on any atom is -0.339 e. The van der Waals surface area contributed by atoms with Crippen molar-refractivity contribution in [2.75, 3.05) is 6.54 Å². The molecule has 0 aliphatic carbocycles. The lowest BCUT2D eigenvalue weighted by molar-refractivity contribution is -0.141. The predicted molar refractivity (Wildman–Crippen MR) is 80.8 cm³/mol. The van der Waals surface area contributed by atoms with Gasteiger partial charge < -0.3 is 14.4 Å². The van der Waals surface area contributed by atoms with Crippen LogP contribution in [0, 0.1) is 0 Å². The van der Waals surface area contributed by atoms with Gasteiger partial charge in [0.1, 0.15) is 11.3 Å². The molecule has 2 aromatic heterocycles. The van der Waals surface area contributed by atoms with Crippen molar-refractivity contribution in [3.05, 3.63) is 45.5 Å². The Balaban J connectivity index is 2.20. The molecule has 2 aromatic rings. The van der Waals surface area contributed by atoms with Crippen LogP contribution in [0.5, 0.6) is 0 Å². The van der Waals surface area contributed by atoms with Crippen LogP contribution in [0.15, 0.2) is 21.5 Å². The first-order valence-corrected chi connectivity index (χ1v) is 7.67. The van der Waals surface area contributed by atoms with Gasteiger partial charge in [0.25, 0.3) is 11.5 Å². The van der Waals surface area contributed by atoms with E-state index in [1.54, 1.807) is 11.9 Å². The molecule has 10 heteroatoms. The highest BCUT2D eigenvalue weighted by Crippen LogP contribution is 2.26. The van der Waals surface area contributed by atoms with Gasteiger partial charge in [-0.25, -0.2) is 0 Å². The van der Waals surface area contributed by atoms with Gasteiger partial charge in [-0.15, -0.1) is 0 Å². The maximum atomic E-state index is 12.6. The molecule has 136 valence electrons. The Bertz CT molecular complexity index is 798. The Hall–Kier alpha value is -2.65. The van der Waals surface area contributed by atoms with Crippen molar-refractivity contribution in [3.8, 4) is 0 Å². The van der Waals surface area contributed by atoms with Crippen molar-refractivity contribution < 1.29 is 22.5 Å². The fraction of sp³-hybridized carbons (Fsp3) is 0.467. The molecule has 0 unspecified atom stereocenters. The standard InChI is InChI=1S/C15H17F3N4O3/c1-3-5-12-20-11(21-25-12)8-22(4-2)14(24)9-6-7-10(15(16,17)18)19-13(9)23/h6-7H,3-5,8H2,1-2H3,(H,19,23). The summed E-state index contributed by atoms with van der Waals surface area (Å²) in [6.07, 6.45) is -3.27. The number of hydrogen-bond acceptors (Lipinski definition) is 5. The number of amides is 1. The van der Waals surface area contributed by atoms with Gasteiger partial charge in [0.15, 0.2) is 5.82 Å². The molecule has 0 aliphatic rings. The first kappa shape index (κ1) is 18.7. The number of nitrogens with zero attached hydrogens (tertiary/aromatic N) is 3. The molecular formula is C15H17F3N4O3. The van der Waals surface area contributed by atoms with Crippen molar-refractivity contribution in [1.29, 1.82) is 0 Å². The molecule has 0 radical (unpaired) electrons. The van der Waals surface area contributed by atoms with Crippen molar-refractivity contribution in [3.63, 3.8) is 0 Å². The van der Waals surface area contributed by atoms with Gasteiger partial charge in [-0.3, -0.25) is 9.59 Å². The molecule has 2 heterocycles. The summed E-state index contributed by atoms with van der Waals surface area (Å²) in [4.78, 5) is 31.3. The Labute approximate surface area is 140 Å². The van der Waals surface area contributed by atoms with Crippen LogP contribution in [-0.4, -0.2) is 32.5 Å². The molecule has 0 saturated heterocycles. The number of aryl methyl sites for hydroxylation is 1. The lowest BCUT2D eigenvalue weighted by atomic mass is 10.2. The third-order valence-electron chi connectivity index (χ3n) is 3.42. The van der Waals surface area contributed by atoms with E-state index in [1.807, 2.05) is 6.92 Å². The van der Waals surface area contributed by atoms with E-state index in [0.29, 0.717) is 18.4 Å². The summed E-state index contributed by atoms with van der Waals surface area (Å²) in [5, 5.41) is 3.75. The van der Waals surface area contributed by atoms with Gasteiger partial charge in [0, 0.05) is 13.0 Å². The van der Waals surface area contributed by atoms with E-state index in [-0.39, 0.29) is 24.5 Å². The molecule has 25 heavy (non-hydrogen) atoms. The minimum atomic E-state index is -4.69. The molecule has 0 saturated carbocycles. The number of halogens is 3. The summed E-state index contributed by atoms with van der Waals surface area (Å²) in [5.74, 6) is -0.00492. The lowest BCUT2D eigenvalue weighted by Crippen LogP contribution is -2.35. The zero-order valence-corrected chi connectivity index (χ0v) is 13.7. The molecule has 0 aromatic carbocycles. The smallest absolute Gasteiger partial charge is 0.339 e. The Morgan fingerprint density at radius 1 is 1.32 bits per heavy atom. The highest BCUT2D eigenvalue weighted by Gasteiger charge is 2.32. The summed E-state index contributed by atoms with van der Waals surface area (Å²) < 4.78 is 42.8. The van der Waals surface area contributed by atoms with Gasteiger partial charge in [0.05, 0.1) is 6.54 Å². The Kier molecular flexibility index (Phi) is 5.60. The van der Waals surface area contributed by atoms with Crippen LogP contribution in [-0.2, 0) is 19.1 Å². The number of nitrogens with one attached hydrogen (secondary N) is 1. The lowest BCUT2D eigenvalue weighted by Gasteiger charge is -2.18. The first-order valence-electron chi connectivity index (χ1n) is 7.67. The van der Waals surface area contributed by atoms with E-state index in [1.165, 1.54) is 4.90 Å². The molecule has 2 rings (SSSR count). The third-order valence-corrected chi connectivity index (χ3v) is 3.42. The van der Waals surface area contributed by atoms with Gasteiger partial charge in [0.2, 0.25) is 5.89 Å². The van der Waals surface area contributed by atoms with Crippen LogP contribution in [0.3, 0.4) is 0 Å². The zero-order chi connectivity index (χ0) is 18.6. The van der Waals surface area contributed by atoms with Gasteiger partial charge in [-0.05, 0) is 25.5 Å². The maximum Gasteiger partial charge on any atom is 0.431 e. The van der Waals surface area contributed by atoms with Crippen molar-refractivity contribution in [2.45, 2.75) is 39.4 Å². The molecule has 1 amide bonds. The first-order chi connectivity index (χ1) is 11.8. The highest BCUT2D eigenvalue weighted by molar-refractivity contribution is 5.93. The number of aromatic nitrogens is 3. The molecule has 0 fully saturated rings. The van der Waals surface area contributed by atoms with Crippen LogP contribution in [0.1, 0.15) is 48.0 Å². The fourth-order valence-corrected chi connectivity index (χ4v) is 2.15. The van der Waals surface area contributed by atoms with Crippen LogP contribution in [0.4, 0.5) is 13.2 Å². The Morgan fingerprint density at radius 3 is 2.60 bits per heavy atom. The number of alkyl halides is 3. The van der Waals surface area contributed by atoms with Crippen molar-refractivity contribution in [1.82, 2.24) is 20.0 Å². The van der Waals surface area contributed by atoms with Crippen LogP contribution >= 0.6 is 0 Å². The number of pyridine rings is 1. The summed E-state index contributed by atoms with van der Waals surface area (Å²) in [5.41, 5.74) is -2.69. The van der Waals surface area contributed by atoms with Crippen LogP contribution in [0.25, 0.3) is 0 Å². The molecule has 0 atom stereocenters. The second-order valence-electron chi connectivity index (χ2n) is 5.29. The normalized spacial score (nSPS) is 11.6. The molecule has 1 N–H and O–H groups in total. The van der Waals surface area contributed by atoms with E-state index >= 15 is 0 Å². The average molecular weight is 358 g/mol. The average Bonchev–Trinajstić information content (AvgIpc) is 2.98. The highest BCUT2D eigenvalue weighted by atomic mass is 19.4.